The maximum atomic E-state index is 11.2. The normalized spacial score (nSPS) is 11.9. The van der Waals surface area contributed by atoms with E-state index in [0.717, 1.165) is 6.42 Å². The topological polar surface area (TPSA) is 44.8 Å². The zero-order chi connectivity index (χ0) is 12.7. The number of esters is 1. The number of rotatable bonds is 6. The van der Waals surface area contributed by atoms with Crippen LogP contribution in [0.1, 0.15) is 12.5 Å². The molecule has 0 aromatic heterocycles. The Hall–Kier alpha value is -1.55. The van der Waals surface area contributed by atoms with Crippen LogP contribution in [0.25, 0.3) is 0 Å². The molecule has 0 spiro atoms. The van der Waals surface area contributed by atoms with Crippen molar-refractivity contribution in [1.29, 1.82) is 0 Å². The molecule has 4 heteroatoms. The molecule has 0 saturated heterocycles. The van der Waals surface area contributed by atoms with Crippen LogP contribution >= 0.6 is 0 Å². The van der Waals surface area contributed by atoms with Crippen molar-refractivity contribution in [3.8, 4) is 5.75 Å². The van der Waals surface area contributed by atoms with E-state index in [1.54, 1.807) is 14.0 Å². The second-order valence-electron chi connectivity index (χ2n) is 3.67. The smallest absolute Gasteiger partial charge is 0.346 e. The molecular formula is C13H18O4. The zero-order valence-electron chi connectivity index (χ0n) is 10.4. The second-order valence-corrected chi connectivity index (χ2v) is 3.67. The molecule has 1 unspecified atom stereocenters. The van der Waals surface area contributed by atoms with Crippen LogP contribution in [0.5, 0.6) is 5.75 Å². The maximum absolute atomic E-state index is 11.2. The summed E-state index contributed by atoms with van der Waals surface area (Å²) < 4.78 is 15.0. The molecule has 0 N–H and O–H groups in total. The van der Waals surface area contributed by atoms with E-state index in [1.165, 1.54) is 12.7 Å². The Kier molecular flexibility index (Phi) is 5.49. The van der Waals surface area contributed by atoms with Crippen molar-refractivity contribution in [2.75, 3.05) is 20.8 Å². The summed E-state index contributed by atoms with van der Waals surface area (Å²) in [6.45, 7) is 2.35. The number of methoxy groups -OCH3 is 2. The minimum atomic E-state index is -0.593. The zero-order valence-corrected chi connectivity index (χ0v) is 10.4. The Morgan fingerprint density at radius 3 is 2.41 bits per heavy atom. The molecule has 0 bridgehead atoms. The summed E-state index contributed by atoms with van der Waals surface area (Å²) in [5, 5.41) is 0. The molecule has 0 saturated carbocycles. The van der Waals surface area contributed by atoms with Crippen molar-refractivity contribution in [1.82, 2.24) is 0 Å². The molecule has 1 aromatic carbocycles. The summed E-state index contributed by atoms with van der Waals surface area (Å²) in [5.74, 6) is 0.275. The summed E-state index contributed by atoms with van der Waals surface area (Å²) in [6, 6.07) is 7.59. The van der Waals surface area contributed by atoms with E-state index >= 15 is 0 Å². The van der Waals surface area contributed by atoms with E-state index in [9.17, 15) is 4.79 Å². The lowest BCUT2D eigenvalue weighted by Gasteiger charge is -2.12. The highest BCUT2D eigenvalue weighted by Gasteiger charge is 2.14. The first-order valence-corrected chi connectivity index (χ1v) is 5.49. The molecule has 1 atom stereocenters. The Labute approximate surface area is 101 Å². The fraction of sp³-hybridized carbons (Fsp3) is 0.462. The molecule has 0 fully saturated rings. The van der Waals surface area contributed by atoms with Crippen LogP contribution in [0.15, 0.2) is 24.3 Å². The number of hydrogen-bond donors (Lipinski definition) is 0. The lowest BCUT2D eigenvalue weighted by atomic mass is 10.1. The molecule has 1 aromatic rings. The van der Waals surface area contributed by atoms with Crippen LogP contribution < -0.4 is 4.74 Å². The van der Waals surface area contributed by atoms with Gasteiger partial charge in [0.15, 0.2) is 6.10 Å². The van der Waals surface area contributed by atoms with Crippen LogP contribution in [-0.4, -0.2) is 32.9 Å². The summed E-state index contributed by atoms with van der Waals surface area (Å²) in [4.78, 5) is 11.2. The fourth-order valence-corrected chi connectivity index (χ4v) is 1.37. The van der Waals surface area contributed by atoms with Crippen molar-refractivity contribution >= 4 is 5.97 Å². The van der Waals surface area contributed by atoms with Gasteiger partial charge in [0.25, 0.3) is 0 Å². The molecular weight excluding hydrogens is 220 g/mol. The first kappa shape index (κ1) is 13.5. The van der Waals surface area contributed by atoms with Gasteiger partial charge in [-0.3, -0.25) is 0 Å². The Morgan fingerprint density at radius 2 is 1.88 bits per heavy atom. The lowest BCUT2D eigenvalue weighted by molar-refractivity contribution is -0.147. The predicted octanol–water partition coefficient (Wildman–Crippen LogP) is 1.82. The monoisotopic (exact) mass is 238 g/mol. The van der Waals surface area contributed by atoms with Gasteiger partial charge in [-0.15, -0.1) is 0 Å². The van der Waals surface area contributed by atoms with E-state index in [1.807, 2.05) is 24.3 Å². The second kappa shape index (κ2) is 6.91. The highest BCUT2D eigenvalue weighted by Crippen LogP contribution is 2.14. The van der Waals surface area contributed by atoms with Gasteiger partial charge in [-0.2, -0.15) is 0 Å². The molecule has 0 radical (unpaired) electrons. The van der Waals surface area contributed by atoms with Gasteiger partial charge in [0.2, 0.25) is 0 Å². The largest absolute Gasteiger partial charge is 0.479 e. The number of ether oxygens (including phenoxy) is 3. The SMILES string of the molecule is COCCc1ccc(OC(C)C(=O)OC)cc1. The van der Waals surface area contributed by atoms with Crippen LogP contribution in [0.2, 0.25) is 0 Å². The summed E-state index contributed by atoms with van der Waals surface area (Å²) >= 11 is 0. The number of benzene rings is 1. The fourth-order valence-electron chi connectivity index (χ4n) is 1.37. The molecule has 1 rings (SSSR count). The molecule has 0 aliphatic heterocycles. The standard InChI is InChI=1S/C13H18O4/c1-10(13(14)16-3)17-12-6-4-11(5-7-12)8-9-15-2/h4-7,10H,8-9H2,1-3H3. The van der Waals surface area contributed by atoms with Crippen molar-refractivity contribution in [3.05, 3.63) is 29.8 Å². The number of carbonyl (C=O) groups excluding carboxylic acids is 1. The molecule has 0 aliphatic carbocycles. The van der Waals surface area contributed by atoms with Crippen LogP contribution in [0.4, 0.5) is 0 Å². The van der Waals surface area contributed by atoms with Gasteiger partial charge >= 0.3 is 5.97 Å². The average Bonchev–Trinajstić information content (AvgIpc) is 2.37. The van der Waals surface area contributed by atoms with Crippen LogP contribution in [0, 0.1) is 0 Å². The molecule has 4 nitrogen and oxygen atoms in total. The minimum absolute atomic E-state index is 0.381. The van der Waals surface area contributed by atoms with Crippen molar-refractivity contribution in [3.63, 3.8) is 0 Å². The minimum Gasteiger partial charge on any atom is -0.479 e. The summed E-state index contributed by atoms with van der Waals surface area (Å²) in [6.07, 6.45) is 0.272. The van der Waals surface area contributed by atoms with Crippen molar-refractivity contribution in [2.45, 2.75) is 19.4 Å². The highest BCUT2D eigenvalue weighted by molar-refractivity contribution is 5.74. The highest BCUT2D eigenvalue weighted by atomic mass is 16.6. The Bertz CT molecular complexity index is 345. The third kappa shape index (κ3) is 4.44. The van der Waals surface area contributed by atoms with Gasteiger partial charge in [-0.25, -0.2) is 4.79 Å². The van der Waals surface area contributed by atoms with Gasteiger partial charge in [-0.05, 0) is 31.0 Å². The summed E-state index contributed by atoms with van der Waals surface area (Å²) in [7, 11) is 3.02. The van der Waals surface area contributed by atoms with Gasteiger partial charge in [-0.1, -0.05) is 12.1 Å². The van der Waals surface area contributed by atoms with E-state index < -0.39 is 6.10 Å². The van der Waals surface area contributed by atoms with Gasteiger partial charge in [0.1, 0.15) is 5.75 Å². The Morgan fingerprint density at radius 1 is 1.24 bits per heavy atom. The predicted molar refractivity (Wildman–Crippen MR) is 64.1 cm³/mol. The van der Waals surface area contributed by atoms with E-state index in [0.29, 0.717) is 12.4 Å². The quantitative estimate of drug-likeness (QED) is 0.709. The third-order valence-corrected chi connectivity index (χ3v) is 2.36. The van der Waals surface area contributed by atoms with Gasteiger partial charge in [0, 0.05) is 7.11 Å². The van der Waals surface area contributed by atoms with Crippen molar-refractivity contribution < 1.29 is 19.0 Å². The molecule has 0 aliphatic rings. The average molecular weight is 238 g/mol. The maximum Gasteiger partial charge on any atom is 0.346 e. The molecule has 17 heavy (non-hydrogen) atoms. The van der Waals surface area contributed by atoms with Gasteiger partial charge < -0.3 is 14.2 Å². The molecule has 94 valence electrons. The van der Waals surface area contributed by atoms with E-state index in [4.69, 9.17) is 9.47 Å². The number of carbonyl (C=O) groups is 1. The van der Waals surface area contributed by atoms with Gasteiger partial charge in [0.05, 0.1) is 13.7 Å². The van der Waals surface area contributed by atoms with E-state index in [2.05, 4.69) is 4.74 Å². The number of hydrogen-bond acceptors (Lipinski definition) is 4. The van der Waals surface area contributed by atoms with Crippen LogP contribution in [0.3, 0.4) is 0 Å². The van der Waals surface area contributed by atoms with Crippen molar-refractivity contribution in [2.24, 2.45) is 0 Å². The first-order chi connectivity index (χ1) is 8.17. The summed E-state index contributed by atoms with van der Waals surface area (Å²) in [5.41, 5.74) is 1.17. The lowest BCUT2D eigenvalue weighted by Crippen LogP contribution is -2.24. The Balaban J connectivity index is 2.53. The van der Waals surface area contributed by atoms with E-state index in [-0.39, 0.29) is 5.97 Å². The molecule has 0 amide bonds. The first-order valence-electron chi connectivity index (χ1n) is 5.49. The van der Waals surface area contributed by atoms with Crippen LogP contribution in [-0.2, 0) is 20.7 Å². The third-order valence-electron chi connectivity index (χ3n) is 2.36. The molecule has 0 heterocycles.